The van der Waals surface area contributed by atoms with E-state index in [1.54, 1.807) is 24.3 Å². The monoisotopic (exact) mass is 638 g/mol. The Balaban J connectivity index is 1.63. The van der Waals surface area contributed by atoms with Gasteiger partial charge in [-0.05, 0) is 71.8 Å². The third-order valence-corrected chi connectivity index (χ3v) is 8.02. The maximum atomic E-state index is 12.7. The average Bonchev–Trinajstić information content (AvgIpc) is 2.99. The zero-order valence-corrected chi connectivity index (χ0v) is 24.8. The van der Waals surface area contributed by atoms with Crippen LogP contribution in [0, 0.1) is 0 Å². The highest BCUT2D eigenvalue weighted by atomic mass is 32.2. The molecule has 4 aromatic rings. The van der Waals surface area contributed by atoms with Crippen LogP contribution in [-0.2, 0) is 20.2 Å². The van der Waals surface area contributed by atoms with Crippen molar-refractivity contribution in [3.05, 3.63) is 107 Å². The second-order valence-corrected chi connectivity index (χ2v) is 11.9. The van der Waals surface area contributed by atoms with Crippen molar-refractivity contribution < 1.29 is 45.0 Å². The molecule has 0 heterocycles. The molecule has 14 heteroatoms. The van der Waals surface area contributed by atoms with E-state index in [1.807, 2.05) is 0 Å². The van der Waals surface area contributed by atoms with Crippen molar-refractivity contribution in [2.75, 3.05) is 24.9 Å². The zero-order valence-electron chi connectivity index (χ0n) is 23.2. The Hall–Kier alpha value is -5.02. The van der Waals surface area contributed by atoms with E-state index in [9.17, 15) is 35.5 Å². The molecular formula is C30H26N2O10S2. The number of rotatable bonds is 10. The van der Waals surface area contributed by atoms with Crippen LogP contribution in [0.3, 0.4) is 0 Å². The first kappa shape index (κ1) is 31.9. The van der Waals surface area contributed by atoms with Crippen LogP contribution in [0.15, 0.2) is 94.7 Å². The molecule has 12 nitrogen and oxygen atoms in total. The van der Waals surface area contributed by atoms with Gasteiger partial charge in [0.1, 0.15) is 21.3 Å². The first-order valence-electron chi connectivity index (χ1n) is 12.6. The minimum Gasteiger partial charge on any atom is -0.497 e. The first-order chi connectivity index (χ1) is 20.8. The summed E-state index contributed by atoms with van der Waals surface area (Å²) in [6, 6.07) is 19.9. The molecule has 0 spiro atoms. The molecule has 0 unspecified atom stereocenters. The van der Waals surface area contributed by atoms with Crippen molar-refractivity contribution in [1.82, 2.24) is 0 Å². The Morgan fingerprint density at radius 3 is 1.34 bits per heavy atom. The molecule has 0 atom stereocenters. The van der Waals surface area contributed by atoms with E-state index in [0.717, 1.165) is 12.1 Å². The fourth-order valence-corrected chi connectivity index (χ4v) is 5.48. The van der Waals surface area contributed by atoms with Gasteiger partial charge in [-0.25, -0.2) is 0 Å². The van der Waals surface area contributed by atoms with Gasteiger partial charge in [0.2, 0.25) is 0 Å². The van der Waals surface area contributed by atoms with Crippen LogP contribution in [-0.4, -0.2) is 52.0 Å². The number of benzene rings is 4. The maximum Gasteiger partial charge on any atom is 0.295 e. The van der Waals surface area contributed by atoms with Gasteiger partial charge in [-0.3, -0.25) is 18.7 Å². The fraction of sp³-hybridized carbons (Fsp3) is 0.0667. The van der Waals surface area contributed by atoms with Crippen LogP contribution in [0.1, 0.15) is 31.8 Å². The Morgan fingerprint density at radius 1 is 0.614 bits per heavy atom. The molecule has 0 aliphatic heterocycles. The topological polar surface area (TPSA) is 185 Å². The van der Waals surface area contributed by atoms with Crippen molar-refractivity contribution in [3.63, 3.8) is 0 Å². The van der Waals surface area contributed by atoms with Gasteiger partial charge in [-0.1, -0.05) is 36.4 Å². The number of ether oxygens (including phenoxy) is 2. The molecule has 0 saturated heterocycles. The van der Waals surface area contributed by atoms with Crippen molar-refractivity contribution in [3.8, 4) is 11.5 Å². The Labute approximate surface area is 253 Å². The number of carbonyl (C=O) groups is 2. The van der Waals surface area contributed by atoms with Crippen molar-refractivity contribution in [2.24, 2.45) is 0 Å². The standard InChI is InChI=1S/C30H26N2O10S2/c1-41-25-7-3-5-21(15-25)29(33)31-23-13-11-19(27(17-23)43(35,36)37)9-10-20-12-14-24(18-28(20)44(38,39)40)32-30(34)22-6-4-8-26(16-22)42-2/h3-18H,1-2H3,(H,31,33)(H,32,34)(H,35,36,37)(H,38,39,40)/b10-9+. The van der Waals surface area contributed by atoms with Gasteiger partial charge in [0.05, 0.1) is 14.2 Å². The van der Waals surface area contributed by atoms with E-state index in [4.69, 9.17) is 9.47 Å². The van der Waals surface area contributed by atoms with Crippen LogP contribution in [0.5, 0.6) is 11.5 Å². The van der Waals surface area contributed by atoms with E-state index < -0.39 is 41.8 Å². The SMILES string of the molecule is COc1cccc(C(=O)Nc2ccc(/C=C/c3ccc(NC(=O)c4cccc(OC)c4)cc3S(=O)(=O)O)c(S(=O)(=O)O)c2)c1. The molecular weight excluding hydrogens is 612 g/mol. The van der Waals surface area contributed by atoms with Crippen LogP contribution in [0.4, 0.5) is 11.4 Å². The highest BCUT2D eigenvalue weighted by Gasteiger charge is 2.19. The smallest absolute Gasteiger partial charge is 0.295 e. The highest BCUT2D eigenvalue weighted by Crippen LogP contribution is 2.27. The molecule has 0 fully saturated rings. The largest absolute Gasteiger partial charge is 0.497 e. The molecule has 4 aromatic carbocycles. The third kappa shape index (κ3) is 7.87. The maximum absolute atomic E-state index is 12.7. The lowest BCUT2D eigenvalue weighted by Crippen LogP contribution is -2.13. The number of hydrogen-bond donors (Lipinski definition) is 4. The molecule has 44 heavy (non-hydrogen) atoms. The summed E-state index contributed by atoms with van der Waals surface area (Å²) >= 11 is 0. The van der Waals surface area contributed by atoms with E-state index in [0.29, 0.717) is 11.5 Å². The van der Waals surface area contributed by atoms with E-state index in [1.165, 1.54) is 74.9 Å². The molecule has 0 aromatic heterocycles. The Bertz CT molecular complexity index is 1850. The van der Waals surface area contributed by atoms with Gasteiger partial charge in [0, 0.05) is 22.5 Å². The molecule has 0 saturated carbocycles. The van der Waals surface area contributed by atoms with Gasteiger partial charge in [0.15, 0.2) is 0 Å². The average molecular weight is 639 g/mol. The minimum absolute atomic E-state index is 0.0522. The van der Waals surface area contributed by atoms with Crippen LogP contribution in [0.25, 0.3) is 12.2 Å². The molecule has 0 radical (unpaired) electrons. The highest BCUT2D eigenvalue weighted by molar-refractivity contribution is 7.86. The fourth-order valence-electron chi connectivity index (χ4n) is 4.06. The number of hydrogen-bond acceptors (Lipinski definition) is 8. The number of carbonyl (C=O) groups excluding carboxylic acids is 2. The van der Waals surface area contributed by atoms with Gasteiger partial charge >= 0.3 is 0 Å². The molecule has 0 bridgehead atoms. The van der Waals surface area contributed by atoms with Crippen molar-refractivity contribution in [1.29, 1.82) is 0 Å². The second kappa shape index (κ2) is 13.1. The van der Waals surface area contributed by atoms with Gasteiger partial charge < -0.3 is 20.1 Å². The molecule has 2 amide bonds. The molecule has 4 rings (SSSR count). The second-order valence-electron chi connectivity index (χ2n) is 9.16. The number of amides is 2. The summed E-state index contributed by atoms with van der Waals surface area (Å²) < 4.78 is 78.7. The van der Waals surface area contributed by atoms with Crippen LogP contribution in [0.2, 0.25) is 0 Å². The normalized spacial score (nSPS) is 11.6. The Kier molecular flexibility index (Phi) is 9.50. The molecule has 4 N–H and O–H groups in total. The predicted molar refractivity (Wildman–Crippen MR) is 163 cm³/mol. The molecule has 0 aliphatic carbocycles. The lowest BCUT2D eigenvalue weighted by molar-refractivity contribution is 0.101. The van der Waals surface area contributed by atoms with Gasteiger partial charge in [-0.2, -0.15) is 16.8 Å². The summed E-state index contributed by atoms with van der Waals surface area (Å²) in [6.07, 6.45) is 2.41. The summed E-state index contributed by atoms with van der Waals surface area (Å²) in [5.41, 5.74) is 0.479. The third-order valence-electron chi connectivity index (χ3n) is 6.20. The zero-order chi connectivity index (χ0) is 32.1. The summed E-state index contributed by atoms with van der Waals surface area (Å²) in [4.78, 5) is 24.2. The Morgan fingerprint density at radius 2 is 1.00 bits per heavy atom. The van der Waals surface area contributed by atoms with E-state index in [-0.39, 0.29) is 33.6 Å². The number of methoxy groups -OCH3 is 2. The van der Waals surface area contributed by atoms with Crippen molar-refractivity contribution in [2.45, 2.75) is 9.79 Å². The van der Waals surface area contributed by atoms with Gasteiger partial charge in [0.25, 0.3) is 32.1 Å². The molecule has 0 aliphatic rings. The van der Waals surface area contributed by atoms with Gasteiger partial charge in [-0.15, -0.1) is 0 Å². The van der Waals surface area contributed by atoms with Crippen LogP contribution < -0.4 is 20.1 Å². The molecule has 228 valence electrons. The van der Waals surface area contributed by atoms with E-state index in [2.05, 4.69) is 10.6 Å². The van der Waals surface area contributed by atoms with E-state index >= 15 is 0 Å². The lowest BCUT2D eigenvalue weighted by atomic mass is 10.1. The predicted octanol–water partition coefficient (Wildman–Crippen LogP) is 4.87. The lowest BCUT2D eigenvalue weighted by Gasteiger charge is -2.11. The quantitative estimate of drug-likeness (QED) is 0.138. The van der Waals surface area contributed by atoms with Crippen molar-refractivity contribution >= 4 is 55.6 Å². The van der Waals surface area contributed by atoms with Crippen LogP contribution >= 0.6 is 0 Å². The summed E-state index contributed by atoms with van der Waals surface area (Å²) in [6.45, 7) is 0. The minimum atomic E-state index is -4.81. The summed E-state index contributed by atoms with van der Waals surface area (Å²) in [5, 5.41) is 5.09. The number of anilines is 2. The first-order valence-corrected chi connectivity index (χ1v) is 15.5. The number of nitrogens with one attached hydrogen (secondary N) is 2. The summed E-state index contributed by atoms with van der Waals surface area (Å²) in [5.74, 6) is -0.253. The summed E-state index contributed by atoms with van der Waals surface area (Å²) in [7, 11) is -6.73.